The lowest BCUT2D eigenvalue weighted by Gasteiger charge is -2.18. The number of nitrogens with zero attached hydrogens (tertiary/aromatic N) is 3. The van der Waals surface area contributed by atoms with Crippen LogP contribution < -0.4 is 15.4 Å². The summed E-state index contributed by atoms with van der Waals surface area (Å²) < 4.78 is 41.4. The molecule has 0 radical (unpaired) electrons. The topological polar surface area (TPSA) is 97.1 Å². The molecule has 0 fully saturated rings. The Morgan fingerprint density at radius 1 is 1.18 bits per heavy atom. The third-order valence-corrected chi connectivity index (χ3v) is 5.57. The van der Waals surface area contributed by atoms with Crippen molar-refractivity contribution in [3.63, 3.8) is 0 Å². The van der Waals surface area contributed by atoms with E-state index in [4.69, 9.17) is 5.73 Å². The molecule has 0 saturated heterocycles. The Bertz CT molecular complexity index is 1370. The number of alkyl halides is 3. The Morgan fingerprint density at radius 2 is 2.03 bits per heavy atom. The number of halogens is 3. The van der Waals surface area contributed by atoms with E-state index >= 15 is 0 Å². The lowest BCUT2D eigenvalue weighted by molar-refractivity contribution is -0.274. The predicted molar refractivity (Wildman–Crippen MR) is 117 cm³/mol. The highest BCUT2D eigenvalue weighted by Gasteiger charge is 2.31. The van der Waals surface area contributed by atoms with Crippen molar-refractivity contribution >= 4 is 28.4 Å². The van der Waals surface area contributed by atoms with E-state index in [0.717, 1.165) is 27.8 Å². The van der Waals surface area contributed by atoms with Gasteiger partial charge in [0.05, 0.1) is 11.8 Å². The van der Waals surface area contributed by atoms with Crippen molar-refractivity contribution < 1.29 is 22.7 Å². The Kier molecular flexibility index (Phi) is 4.92. The molecular formula is C23H18F3N5O2. The van der Waals surface area contributed by atoms with E-state index in [1.54, 1.807) is 11.0 Å². The summed E-state index contributed by atoms with van der Waals surface area (Å²) in [5.74, 6) is -0.165. The molecule has 7 nitrogen and oxygen atoms in total. The number of fused-ring (bicyclic) bond motifs is 2. The van der Waals surface area contributed by atoms with Gasteiger partial charge in [-0.1, -0.05) is 18.2 Å². The van der Waals surface area contributed by atoms with Crippen molar-refractivity contribution in [2.24, 2.45) is 0 Å². The molecule has 10 heteroatoms. The summed E-state index contributed by atoms with van der Waals surface area (Å²) in [6.07, 6.45) is -0.927. The Labute approximate surface area is 186 Å². The average Bonchev–Trinajstić information content (AvgIpc) is 3.37. The number of nitrogens with one attached hydrogen (secondary N) is 1. The van der Waals surface area contributed by atoms with Gasteiger partial charge in [0.15, 0.2) is 0 Å². The first kappa shape index (κ1) is 20.8. The van der Waals surface area contributed by atoms with Crippen molar-refractivity contribution in [3.05, 3.63) is 66.1 Å². The van der Waals surface area contributed by atoms with E-state index in [-0.39, 0.29) is 18.1 Å². The molecule has 0 spiro atoms. The second-order valence-electron chi connectivity index (χ2n) is 7.70. The van der Waals surface area contributed by atoms with Gasteiger partial charge in [0.2, 0.25) is 5.91 Å². The molecule has 1 amide bonds. The van der Waals surface area contributed by atoms with Crippen molar-refractivity contribution in [1.82, 2.24) is 15.0 Å². The largest absolute Gasteiger partial charge is 0.573 e. The minimum Gasteiger partial charge on any atom is -0.406 e. The Morgan fingerprint density at radius 3 is 2.85 bits per heavy atom. The third kappa shape index (κ3) is 4.07. The number of benzene rings is 2. The van der Waals surface area contributed by atoms with E-state index in [2.05, 4.69) is 19.7 Å². The maximum absolute atomic E-state index is 12.9. The summed E-state index contributed by atoms with van der Waals surface area (Å²) in [6, 6.07) is 11.3. The number of aromatic nitrogens is 3. The Balaban J connectivity index is 1.37. The van der Waals surface area contributed by atoms with Crippen LogP contribution in [0.15, 0.2) is 55.0 Å². The standard InChI is InChI=1S/C23H18F3N5O2/c24-23(25,26)33-16-3-1-2-13(8-16)9-19(32)31-7-6-15-10-14(4-5-18(15)31)17-11-28-22-20(17)21(27)29-12-30-22/h1-5,8,10-12H,6-7,9H2,(H3,27,28,29,30). The monoisotopic (exact) mass is 453 g/mol. The lowest BCUT2D eigenvalue weighted by atomic mass is 10.0. The van der Waals surface area contributed by atoms with Crippen molar-refractivity contribution in [3.8, 4) is 16.9 Å². The minimum atomic E-state index is -4.78. The van der Waals surface area contributed by atoms with Gasteiger partial charge in [-0.2, -0.15) is 0 Å². The van der Waals surface area contributed by atoms with Crippen LogP contribution >= 0.6 is 0 Å². The van der Waals surface area contributed by atoms with E-state index in [0.29, 0.717) is 30.0 Å². The van der Waals surface area contributed by atoms with Gasteiger partial charge in [0, 0.05) is 24.0 Å². The fourth-order valence-electron chi connectivity index (χ4n) is 4.17. The van der Waals surface area contributed by atoms with Gasteiger partial charge in [0.1, 0.15) is 23.5 Å². The zero-order valence-corrected chi connectivity index (χ0v) is 17.2. The number of carbonyl (C=O) groups excluding carboxylic acids is 1. The number of carbonyl (C=O) groups is 1. The van der Waals surface area contributed by atoms with Crippen LogP contribution in [0.5, 0.6) is 5.75 Å². The molecule has 33 heavy (non-hydrogen) atoms. The number of H-pyrrole nitrogens is 1. The summed E-state index contributed by atoms with van der Waals surface area (Å²) >= 11 is 0. The first-order valence-electron chi connectivity index (χ1n) is 10.1. The molecular weight excluding hydrogens is 435 g/mol. The second kappa shape index (κ2) is 7.80. The number of hydrogen-bond acceptors (Lipinski definition) is 5. The SMILES string of the molecule is Nc1ncnc2[nH]cc(-c3ccc4c(c3)CCN4C(=O)Cc3cccc(OC(F)(F)F)c3)c12. The summed E-state index contributed by atoms with van der Waals surface area (Å²) in [6.45, 7) is 0.496. The summed E-state index contributed by atoms with van der Waals surface area (Å²) in [5.41, 5.74) is 10.7. The van der Waals surface area contributed by atoms with E-state index in [1.165, 1.54) is 24.5 Å². The summed E-state index contributed by atoms with van der Waals surface area (Å²) in [4.78, 5) is 25.9. The number of nitrogens with two attached hydrogens (primary N) is 1. The Hall–Kier alpha value is -4.08. The zero-order chi connectivity index (χ0) is 23.2. The molecule has 0 aliphatic carbocycles. The predicted octanol–water partition coefficient (Wildman–Crippen LogP) is 4.24. The van der Waals surface area contributed by atoms with Gasteiger partial charge in [0.25, 0.3) is 0 Å². The third-order valence-electron chi connectivity index (χ3n) is 5.57. The van der Waals surface area contributed by atoms with E-state index < -0.39 is 6.36 Å². The molecule has 2 aromatic heterocycles. The maximum Gasteiger partial charge on any atom is 0.573 e. The zero-order valence-electron chi connectivity index (χ0n) is 17.2. The summed E-state index contributed by atoms with van der Waals surface area (Å²) in [5, 5.41) is 0.740. The van der Waals surface area contributed by atoms with Gasteiger partial charge < -0.3 is 20.4 Å². The average molecular weight is 453 g/mol. The quantitative estimate of drug-likeness (QED) is 0.482. The first-order valence-corrected chi connectivity index (χ1v) is 10.1. The molecule has 3 heterocycles. The molecule has 0 unspecified atom stereocenters. The number of aromatic amines is 1. The molecule has 1 aliphatic heterocycles. The fraction of sp³-hybridized carbons (Fsp3) is 0.174. The van der Waals surface area contributed by atoms with Gasteiger partial charge in [-0.05, 0) is 47.4 Å². The van der Waals surface area contributed by atoms with Crippen LogP contribution in [0.3, 0.4) is 0 Å². The highest BCUT2D eigenvalue weighted by Crippen LogP contribution is 2.36. The van der Waals surface area contributed by atoms with Crippen molar-refractivity contribution in [2.45, 2.75) is 19.2 Å². The molecule has 0 atom stereocenters. The van der Waals surface area contributed by atoms with E-state index in [9.17, 15) is 18.0 Å². The number of anilines is 2. The van der Waals surface area contributed by atoms with Crippen LogP contribution in [0, 0.1) is 0 Å². The molecule has 4 aromatic rings. The molecule has 3 N–H and O–H groups in total. The van der Waals surface area contributed by atoms with Crippen LogP contribution in [0.2, 0.25) is 0 Å². The van der Waals surface area contributed by atoms with Crippen molar-refractivity contribution in [1.29, 1.82) is 0 Å². The highest BCUT2D eigenvalue weighted by molar-refractivity contribution is 6.01. The van der Waals surface area contributed by atoms with Crippen LogP contribution in [-0.2, 0) is 17.6 Å². The normalized spacial score (nSPS) is 13.4. The number of nitrogen functional groups attached to an aromatic ring is 1. The van der Waals surface area contributed by atoms with Gasteiger partial charge >= 0.3 is 6.36 Å². The summed E-state index contributed by atoms with van der Waals surface area (Å²) in [7, 11) is 0. The molecule has 168 valence electrons. The van der Waals surface area contributed by atoms with Crippen LogP contribution in [0.25, 0.3) is 22.2 Å². The number of amides is 1. The number of hydrogen-bond donors (Lipinski definition) is 2. The first-order chi connectivity index (χ1) is 15.8. The molecule has 0 saturated carbocycles. The van der Waals surface area contributed by atoms with Crippen LogP contribution in [0.1, 0.15) is 11.1 Å². The lowest BCUT2D eigenvalue weighted by Crippen LogP contribution is -2.30. The van der Waals surface area contributed by atoms with Crippen LogP contribution in [-0.4, -0.2) is 33.8 Å². The molecule has 1 aliphatic rings. The van der Waals surface area contributed by atoms with Crippen molar-refractivity contribution in [2.75, 3.05) is 17.2 Å². The van der Waals surface area contributed by atoms with Gasteiger partial charge in [-0.25, -0.2) is 9.97 Å². The molecule has 0 bridgehead atoms. The second-order valence-corrected chi connectivity index (χ2v) is 7.70. The number of rotatable bonds is 4. The molecule has 2 aromatic carbocycles. The molecule has 5 rings (SSSR count). The number of ether oxygens (including phenoxy) is 1. The van der Waals surface area contributed by atoms with Crippen LogP contribution in [0.4, 0.5) is 24.7 Å². The maximum atomic E-state index is 12.9. The highest BCUT2D eigenvalue weighted by atomic mass is 19.4. The van der Waals surface area contributed by atoms with Gasteiger partial charge in [-0.15, -0.1) is 13.2 Å². The van der Waals surface area contributed by atoms with Gasteiger partial charge in [-0.3, -0.25) is 4.79 Å². The smallest absolute Gasteiger partial charge is 0.406 e. The fourth-order valence-corrected chi connectivity index (χ4v) is 4.17. The minimum absolute atomic E-state index is 0.0351. The van der Waals surface area contributed by atoms with E-state index in [1.807, 2.05) is 24.4 Å².